The standard InChI is InChI=1S/C13H16F2N2O2/c1-8(12-10(15)6-9(14)7-16-12)17-11(18)4-5-13(17,2)19-3/h6-8H,4-5H2,1-3H3. The van der Waals surface area contributed by atoms with Gasteiger partial charge >= 0.3 is 0 Å². The molecule has 0 radical (unpaired) electrons. The van der Waals surface area contributed by atoms with Gasteiger partial charge in [-0.25, -0.2) is 8.78 Å². The second-order valence-corrected chi connectivity index (χ2v) is 4.84. The molecule has 1 fully saturated rings. The van der Waals surface area contributed by atoms with Crippen LogP contribution in [0.1, 0.15) is 38.4 Å². The van der Waals surface area contributed by atoms with Crippen molar-refractivity contribution in [1.82, 2.24) is 9.88 Å². The summed E-state index contributed by atoms with van der Waals surface area (Å²) in [5.74, 6) is -1.62. The molecule has 1 aliphatic heterocycles. The normalized spacial score (nSPS) is 24.9. The number of nitrogens with zero attached hydrogens (tertiary/aromatic N) is 2. The van der Waals surface area contributed by atoms with Crippen LogP contribution in [0.4, 0.5) is 8.78 Å². The molecular formula is C13H16F2N2O2. The van der Waals surface area contributed by atoms with Gasteiger partial charge in [-0.15, -0.1) is 0 Å². The van der Waals surface area contributed by atoms with E-state index in [0.717, 1.165) is 12.3 Å². The fourth-order valence-corrected chi connectivity index (χ4v) is 2.52. The van der Waals surface area contributed by atoms with Crippen LogP contribution in [0.3, 0.4) is 0 Å². The molecule has 104 valence electrons. The van der Waals surface area contributed by atoms with Crippen molar-refractivity contribution in [3.05, 3.63) is 29.6 Å². The van der Waals surface area contributed by atoms with Crippen LogP contribution in [0.2, 0.25) is 0 Å². The smallest absolute Gasteiger partial charge is 0.225 e. The van der Waals surface area contributed by atoms with Crippen molar-refractivity contribution in [2.75, 3.05) is 7.11 Å². The predicted octanol–water partition coefficient (Wildman–Crippen LogP) is 2.41. The molecule has 1 aromatic heterocycles. The van der Waals surface area contributed by atoms with Crippen molar-refractivity contribution in [2.45, 2.75) is 38.5 Å². The molecule has 0 aliphatic carbocycles. The molecule has 19 heavy (non-hydrogen) atoms. The van der Waals surface area contributed by atoms with E-state index in [9.17, 15) is 13.6 Å². The maximum atomic E-state index is 13.8. The summed E-state index contributed by atoms with van der Waals surface area (Å²) in [7, 11) is 1.51. The fourth-order valence-electron chi connectivity index (χ4n) is 2.52. The first-order valence-electron chi connectivity index (χ1n) is 6.07. The van der Waals surface area contributed by atoms with Crippen molar-refractivity contribution in [1.29, 1.82) is 0 Å². The lowest BCUT2D eigenvalue weighted by atomic mass is 10.1. The monoisotopic (exact) mass is 270 g/mol. The van der Waals surface area contributed by atoms with Gasteiger partial charge in [0.05, 0.1) is 17.9 Å². The summed E-state index contributed by atoms with van der Waals surface area (Å²) in [6.45, 7) is 3.43. The quantitative estimate of drug-likeness (QED) is 0.847. The average Bonchev–Trinajstić information content (AvgIpc) is 2.65. The van der Waals surface area contributed by atoms with Crippen molar-refractivity contribution >= 4 is 5.91 Å². The molecule has 0 saturated carbocycles. The summed E-state index contributed by atoms with van der Waals surface area (Å²) in [5.41, 5.74) is -0.737. The van der Waals surface area contributed by atoms with E-state index in [-0.39, 0.29) is 11.6 Å². The maximum absolute atomic E-state index is 13.8. The Bertz CT molecular complexity index is 509. The Balaban J connectivity index is 2.37. The van der Waals surface area contributed by atoms with Crippen LogP contribution in [-0.4, -0.2) is 28.6 Å². The van der Waals surface area contributed by atoms with Crippen molar-refractivity contribution in [2.24, 2.45) is 0 Å². The number of amides is 1. The Kier molecular flexibility index (Phi) is 3.54. The van der Waals surface area contributed by atoms with Crippen LogP contribution in [0, 0.1) is 11.6 Å². The molecule has 1 amide bonds. The highest BCUT2D eigenvalue weighted by Gasteiger charge is 2.45. The summed E-state index contributed by atoms with van der Waals surface area (Å²) in [4.78, 5) is 17.2. The first-order chi connectivity index (χ1) is 8.89. The Labute approximate surface area is 110 Å². The molecule has 2 atom stereocenters. The van der Waals surface area contributed by atoms with Gasteiger partial charge in [0.2, 0.25) is 5.91 Å². The van der Waals surface area contributed by atoms with Gasteiger partial charge in [-0.05, 0) is 13.8 Å². The molecule has 6 heteroatoms. The molecular weight excluding hydrogens is 254 g/mol. The van der Waals surface area contributed by atoms with Gasteiger partial charge in [-0.2, -0.15) is 0 Å². The second kappa shape index (κ2) is 4.85. The summed E-state index contributed by atoms with van der Waals surface area (Å²) in [6, 6.07) is 0.157. The van der Waals surface area contributed by atoms with Crippen LogP contribution in [0.5, 0.6) is 0 Å². The highest BCUT2D eigenvalue weighted by atomic mass is 19.1. The molecule has 0 spiro atoms. The van der Waals surface area contributed by atoms with Gasteiger partial charge in [0, 0.05) is 26.0 Å². The molecule has 0 aromatic carbocycles. The van der Waals surface area contributed by atoms with E-state index in [1.165, 1.54) is 12.0 Å². The minimum atomic E-state index is -0.779. The van der Waals surface area contributed by atoms with Crippen LogP contribution >= 0.6 is 0 Å². The number of halogens is 2. The number of ether oxygens (including phenoxy) is 1. The minimum absolute atomic E-state index is 0.0416. The largest absolute Gasteiger partial charge is 0.359 e. The van der Waals surface area contributed by atoms with Gasteiger partial charge < -0.3 is 9.64 Å². The van der Waals surface area contributed by atoms with E-state index in [0.29, 0.717) is 12.8 Å². The molecule has 1 saturated heterocycles. The molecule has 2 rings (SSSR count). The number of carbonyl (C=O) groups excluding carboxylic acids is 1. The van der Waals surface area contributed by atoms with Crippen molar-refractivity contribution < 1.29 is 18.3 Å². The third kappa shape index (κ3) is 2.32. The van der Waals surface area contributed by atoms with E-state index in [1.807, 2.05) is 0 Å². The van der Waals surface area contributed by atoms with Crippen molar-refractivity contribution in [3.63, 3.8) is 0 Å². The number of methoxy groups -OCH3 is 1. The SMILES string of the molecule is COC1(C)CCC(=O)N1C(C)c1ncc(F)cc1F. The lowest BCUT2D eigenvalue weighted by Gasteiger charge is -2.38. The zero-order chi connectivity index (χ0) is 14.2. The Morgan fingerprint density at radius 3 is 2.79 bits per heavy atom. The molecule has 0 bridgehead atoms. The Morgan fingerprint density at radius 1 is 1.53 bits per heavy atom. The highest BCUT2D eigenvalue weighted by Crippen LogP contribution is 2.37. The lowest BCUT2D eigenvalue weighted by molar-refractivity contribution is -0.155. The summed E-state index contributed by atoms with van der Waals surface area (Å²) >= 11 is 0. The van der Waals surface area contributed by atoms with E-state index >= 15 is 0 Å². The van der Waals surface area contributed by atoms with Crippen LogP contribution < -0.4 is 0 Å². The zero-order valence-corrected chi connectivity index (χ0v) is 11.1. The molecule has 1 aromatic rings. The molecule has 4 nitrogen and oxygen atoms in total. The van der Waals surface area contributed by atoms with E-state index in [2.05, 4.69) is 4.98 Å². The fraction of sp³-hybridized carbons (Fsp3) is 0.538. The Hall–Kier alpha value is -1.56. The van der Waals surface area contributed by atoms with Crippen molar-refractivity contribution in [3.8, 4) is 0 Å². The average molecular weight is 270 g/mol. The number of rotatable bonds is 3. The van der Waals surface area contributed by atoms with E-state index < -0.39 is 23.4 Å². The number of carbonyl (C=O) groups is 1. The highest BCUT2D eigenvalue weighted by molar-refractivity contribution is 5.79. The third-order valence-electron chi connectivity index (χ3n) is 3.64. The first kappa shape index (κ1) is 13.9. The lowest BCUT2D eigenvalue weighted by Crippen LogP contribution is -2.46. The second-order valence-electron chi connectivity index (χ2n) is 4.84. The topological polar surface area (TPSA) is 42.4 Å². The number of aromatic nitrogens is 1. The van der Waals surface area contributed by atoms with Crippen LogP contribution in [0.25, 0.3) is 0 Å². The molecule has 2 unspecified atom stereocenters. The van der Waals surface area contributed by atoms with Gasteiger partial charge in [0.1, 0.15) is 17.4 Å². The van der Waals surface area contributed by atoms with Gasteiger partial charge in [0.25, 0.3) is 0 Å². The van der Waals surface area contributed by atoms with Crippen LogP contribution in [-0.2, 0) is 9.53 Å². The molecule has 2 heterocycles. The first-order valence-corrected chi connectivity index (χ1v) is 6.07. The Morgan fingerprint density at radius 2 is 2.21 bits per heavy atom. The van der Waals surface area contributed by atoms with Gasteiger partial charge in [-0.3, -0.25) is 9.78 Å². The summed E-state index contributed by atoms with van der Waals surface area (Å²) in [5, 5.41) is 0. The maximum Gasteiger partial charge on any atom is 0.225 e. The molecule has 0 N–H and O–H groups in total. The summed E-state index contributed by atoms with van der Waals surface area (Å²) < 4.78 is 32.0. The number of hydrogen-bond acceptors (Lipinski definition) is 3. The van der Waals surface area contributed by atoms with E-state index in [1.54, 1.807) is 13.8 Å². The van der Waals surface area contributed by atoms with E-state index in [4.69, 9.17) is 4.74 Å². The van der Waals surface area contributed by atoms with Gasteiger partial charge in [-0.1, -0.05) is 0 Å². The number of hydrogen-bond donors (Lipinski definition) is 0. The summed E-state index contributed by atoms with van der Waals surface area (Å²) in [6.07, 6.45) is 1.83. The minimum Gasteiger partial charge on any atom is -0.359 e. The predicted molar refractivity (Wildman–Crippen MR) is 64.1 cm³/mol. The number of likely N-dealkylation sites (tertiary alicyclic amines) is 1. The molecule has 1 aliphatic rings. The third-order valence-corrected chi connectivity index (χ3v) is 3.64. The number of pyridine rings is 1. The van der Waals surface area contributed by atoms with Gasteiger partial charge in [0.15, 0.2) is 0 Å². The van der Waals surface area contributed by atoms with Crippen LogP contribution in [0.15, 0.2) is 12.3 Å². The zero-order valence-electron chi connectivity index (χ0n) is 11.1.